The third-order valence-electron chi connectivity index (χ3n) is 3.98. The van der Waals surface area contributed by atoms with E-state index in [9.17, 15) is 0 Å². The minimum atomic E-state index is 0.0579. The highest BCUT2D eigenvalue weighted by Gasteiger charge is 2.31. The molecule has 0 aliphatic rings. The van der Waals surface area contributed by atoms with Crippen LogP contribution in [-0.2, 0) is 11.8 Å². The highest BCUT2D eigenvalue weighted by molar-refractivity contribution is 9.10. The minimum Gasteiger partial charge on any atom is -0.0918 e. The largest absolute Gasteiger partial charge is 0.0918 e. The summed E-state index contributed by atoms with van der Waals surface area (Å²) in [5.41, 5.74) is 5.52. The lowest BCUT2D eigenvalue weighted by Gasteiger charge is -2.32. The van der Waals surface area contributed by atoms with Crippen LogP contribution in [0.3, 0.4) is 0 Å². The van der Waals surface area contributed by atoms with Gasteiger partial charge in [0, 0.05) is 20.5 Å². The van der Waals surface area contributed by atoms with Crippen LogP contribution in [0.15, 0.2) is 46.9 Å². The van der Waals surface area contributed by atoms with Crippen LogP contribution < -0.4 is 0 Å². The Balaban J connectivity index is 2.45. The van der Waals surface area contributed by atoms with Crippen LogP contribution in [0.1, 0.15) is 22.3 Å². The maximum Gasteiger partial charge on any atom is 0.0187 e. The van der Waals surface area contributed by atoms with Crippen LogP contribution in [0, 0.1) is 13.8 Å². The van der Waals surface area contributed by atoms with Crippen LogP contribution >= 0.6 is 47.8 Å². The fraction of sp³-hybridized carbons (Fsp3) is 0.333. The summed E-state index contributed by atoms with van der Waals surface area (Å²) >= 11 is 11.1. The Labute approximate surface area is 152 Å². The van der Waals surface area contributed by atoms with E-state index in [4.69, 9.17) is 0 Å². The second-order valence-electron chi connectivity index (χ2n) is 5.66. The second kappa shape index (κ2) is 7.43. The zero-order valence-corrected chi connectivity index (χ0v) is 17.1. The number of hydrogen-bond acceptors (Lipinski definition) is 0. The quantitative estimate of drug-likeness (QED) is 0.444. The van der Waals surface area contributed by atoms with E-state index >= 15 is 0 Å². The summed E-state index contributed by atoms with van der Waals surface area (Å²) in [6, 6.07) is 15.4. The van der Waals surface area contributed by atoms with Gasteiger partial charge in [-0.05, 0) is 49.1 Å². The first-order chi connectivity index (χ1) is 10.0. The average molecular weight is 475 g/mol. The molecule has 0 radical (unpaired) electrons. The summed E-state index contributed by atoms with van der Waals surface area (Å²) in [4.78, 5) is 0. The first-order valence-electron chi connectivity index (χ1n) is 6.95. The highest BCUT2D eigenvalue weighted by Crippen LogP contribution is 2.35. The van der Waals surface area contributed by atoms with E-state index in [-0.39, 0.29) is 5.41 Å². The van der Waals surface area contributed by atoms with Crippen molar-refractivity contribution in [2.24, 2.45) is 0 Å². The summed E-state index contributed by atoms with van der Waals surface area (Å²) in [6.45, 7) is 4.36. The maximum absolute atomic E-state index is 3.75. The highest BCUT2D eigenvalue weighted by atomic mass is 79.9. The summed E-state index contributed by atoms with van der Waals surface area (Å²) in [7, 11) is 0. The van der Waals surface area contributed by atoms with Gasteiger partial charge in [-0.25, -0.2) is 0 Å². The Kier molecular flexibility index (Phi) is 6.10. The number of hydrogen-bond donors (Lipinski definition) is 0. The monoisotopic (exact) mass is 472 g/mol. The topological polar surface area (TPSA) is 0 Å². The molecule has 0 spiro atoms. The van der Waals surface area contributed by atoms with Gasteiger partial charge in [-0.1, -0.05) is 83.7 Å². The Morgan fingerprint density at radius 1 is 0.952 bits per heavy atom. The molecule has 2 rings (SSSR count). The Bertz CT molecular complexity index is 616. The molecule has 0 bridgehead atoms. The van der Waals surface area contributed by atoms with Crippen molar-refractivity contribution in [3.05, 3.63) is 69.2 Å². The molecule has 0 saturated carbocycles. The molecule has 0 atom stereocenters. The van der Waals surface area contributed by atoms with E-state index in [0.717, 1.165) is 21.6 Å². The minimum absolute atomic E-state index is 0.0579. The van der Waals surface area contributed by atoms with E-state index in [0.29, 0.717) is 0 Å². The number of aryl methyl sites for hydroxylation is 2. The van der Waals surface area contributed by atoms with Gasteiger partial charge in [0.05, 0.1) is 0 Å². The average Bonchev–Trinajstić information content (AvgIpc) is 2.48. The maximum atomic E-state index is 3.75. The molecule has 112 valence electrons. The normalized spacial score (nSPS) is 11.7. The molecule has 21 heavy (non-hydrogen) atoms. The predicted octanol–water partition coefficient (Wildman–Crippen LogP) is 6.34. The summed E-state index contributed by atoms with van der Waals surface area (Å²) in [6.07, 6.45) is 1.02. The van der Waals surface area contributed by atoms with Crippen LogP contribution in [0.5, 0.6) is 0 Å². The van der Waals surface area contributed by atoms with Crippen LogP contribution in [0.2, 0.25) is 0 Å². The SMILES string of the molecule is Cc1ccc(C)c(CC(CBr)(CBr)c2cccc(Br)c2)c1. The molecule has 0 aromatic heterocycles. The Hall–Kier alpha value is -0.120. The van der Waals surface area contributed by atoms with Crippen LogP contribution in [0.25, 0.3) is 0 Å². The molecule has 0 nitrogen and oxygen atoms in total. The molecule has 0 heterocycles. The molecule has 2 aromatic carbocycles. The lowest BCUT2D eigenvalue weighted by molar-refractivity contribution is 0.549. The fourth-order valence-electron chi connectivity index (χ4n) is 2.56. The lowest BCUT2D eigenvalue weighted by Crippen LogP contribution is -2.33. The Morgan fingerprint density at radius 2 is 1.67 bits per heavy atom. The van der Waals surface area contributed by atoms with E-state index in [1.165, 1.54) is 22.3 Å². The van der Waals surface area contributed by atoms with Gasteiger partial charge in [-0.3, -0.25) is 0 Å². The van der Waals surface area contributed by atoms with Crippen molar-refractivity contribution in [1.29, 1.82) is 0 Å². The van der Waals surface area contributed by atoms with Gasteiger partial charge < -0.3 is 0 Å². The molecule has 0 fully saturated rings. The summed E-state index contributed by atoms with van der Waals surface area (Å²) in [5.74, 6) is 0. The van der Waals surface area contributed by atoms with Gasteiger partial charge in [0.2, 0.25) is 0 Å². The zero-order valence-electron chi connectivity index (χ0n) is 12.3. The molecular formula is C18H19Br3. The molecule has 0 saturated heterocycles. The van der Waals surface area contributed by atoms with E-state index in [1.807, 2.05) is 0 Å². The predicted molar refractivity (Wildman–Crippen MR) is 103 cm³/mol. The molecule has 0 N–H and O–H groups in total. The first-order valence-corrected chi connectivity index (χ1v) is 9.98. The molecule has 3 heteroatoms. The summed E-state index contributed by atoms with van der Waals surface area (Å²) in [5, 5.41) is 1.85. The second-order valence-corrected chi connectivity index (χ2v) is 7.70. The van der Waals surface area contributed by atoms with Gasteiger partial charge in [0.25, 0.3) is 0 Å². The van der Waals surface area contributed by atoms with Gasteiger partial charge in [0.1, 0.15) is 0 Å². The molecule has 0 aliphatic carbocycles. The number of rotatable bonds is 5. The van der Waals surface area contributed by atoms with Crippen LogP contribution in [0.4, 0.5) is 0 Å². The van der Waals surface area contributed by atoms with E-state index < -0.39 is 0 Å². The molecule has 0 aliphatic heterocycles. The third kappa shape index (κ3) is 4.00. The van der Waals surface area contributed by atoms with Crippen molar-refractivity contribution in [3.8, 4) is 0 Å². The van der Waals surface area contributed by atoms with E-state index in [2.05, 4.69) is 104 Å². The number of benzene rings is 2. The molecule has 0 unspecified atom stereocenters. The summed E-state index contributed by atoms with van der Waals surface area (Å²) < 4.78 is 1.13. The number of halogens is 3. The van der Waals surface area contributed by atoms with E-state index in [1.54, 1.807) is 0 Å². The number of alkyl halides is 2. The van der Waals surface area contributed by atoms with Crippen molar-refractivity contribution in [3.63, 3.8) is 0 Å². The fourth-order valence-corrected chi connectivity index (χ4v) is 4.93. The lowest BCUT2D eigenvalue weighted by atomic mass is 9.78. The van der Waals surface area contributed by atoms with Crippen molar-refractivity contribution < 1.29 is 0 Å². The first kappa shape index (κ1) is 17.2. The smallest absolute Gasteiger partial charge is 0.0187 e. The molecule has 0 amide bonds. The zero-order chi connectivity index (χ0) is 15.5. The van der Waals surface area contributed by atoms with Crippen molar-refractivity contribution >= 4 is 47.8 Å². The van der Waals surface area contributed by atoms with Gasteiger partial charge >= 0.3 is 0 Å². The standard InChI is InChI=1S/C18H19Br3/c1-13-6-7-14(2)15(8-13)10-18(11-19,12-20)16-4-3-5-17(21)9-16/h3-9H,10-12H2,1-2H3. The van der Waals surface area contributed by atoms with Gasteiger partial charge in [-0.15, -0.1) is 0 Å². The van der Waals surface area contributed by atoms with Gasteiger partial charge in [-0.2, -0.15) is 0 Å². The van der Waals surface area contributed by atoms with Crippen molar-refractivity contribution in [1.82, 2.24) is 0 Å². The van der Waals surface area contributed by atoms with Crippen molar-refractivity contribution in [2.45, 2.75) is 25.7 Å². The van der Waals surface area contributed by atoms with Crippen molar-refractivity contribution in [2.75, 3.05) is 10.7 Å². The van der Waals surface area contributed by atoms with Gasteiger partial charge in [0.15, 0.2) is 0 Å². The molecular weight excluding hydrogens is 456 g/mol. The van der Waals surface area contributed by atoms with Crippen LogP contribution in [-0.4, -0.2) is 10.7 Å². The Morgan fingerprint density at radius 3 is 2.29 bits per heavy atom. The third-order valence-corrected chi connectivity index (χ3v) is 6.62. The molecule has 2 aromatic rings.